The van der Waals surface area contributed by atoms with E-state index in [9.17, 15) is 4.79 Å². The molecule has 2 saturated heterocycles. The Morgan fingerprint density at radius 3 is 2.48 bits per heavy atom. The van der Waals surface area contributed by atoms with E-state index in [0.29, 0.717) is 11.7 Å². The van der Waals surface area contributed by atoms with E-state index in [0.717, 1.165) is 71.1 Å². The Morgan fingerprint density at radius 2 is 1.70 bits per heavy atom. The van der Waals surface area contributed by atoms with Crippen molar-refractivity contribution in [2.75, 3.05) is 43.1 Å². The second-order valence-corrected chi connectivity index (χ2v) is 12.3. The third-order valence-electron chi connectivity index (χ3n) is 9.11. The van der Waals surface area contributed by atoms with E-state index in [1.54, 1.807) is 0 Å². The molecule has 9 heteroatoms. The van der Waals surface area contributed by atoms with Crippen LogP contribution in [-0.4, -0.2) is 58.3 Å². The van der Waals surface area contributed by atoms with Crippen LogP contribution >= 0.6 is 12.2 Å². The SMILES string of the molecule is Cc1cc([C@@H]2[C@H](c3ccccn3)NC(=S)N2CCC(=O)Nc2cccc3ccccc23)c(C)n1-c1ccc(N2CCOCC2)cc1. The van der Waals surface area contributed by atoms with Crippen molar-refractivity contribution >= 4 is 45.4 Å². The van der Waals surface area contributed by atoms with Crippen molar-refractivity contribution in [1.29, 1.82) is 0 Å². The summed E-state index contributed by atoms with van der Waals surface area (Å²) in [5.74, 6) is -0.0509. The van der Waals surface area contributed by atoms with Crippen LogP contribution in [0.5, 0.6) is 0 Å². The van der Waals surface area contributed by atoms with Gasteiger partial charge >= 0.3 is 0 Å². The molecule has 0 aliphatic carbocycles. The summed E-state index contributed by atoms with van der Waals surface area (Å²) in [6.45, 7) is 8.11. The normalized spacial score (nSPS) is 18.2. The highest BCUT2D eigenvalue weighted by molar-refractivity contribution is 7.80. The van der Waals surface area contributed by atoms with Gasteiger partial charge in [0.25, 0.3) is 0 Å². The average Bonchev–Trinajstić information content (AvgIpc) is 3.58. The number of amides is 1. The Hall–Kier alpha value is -4.73. The monoisotopic (exact) mass is 630 g/mol. The maximum atomic E-state index is 13.3. The van der Waals surface area contributed by atoms with Crippen molar-refractivity contribution in [3.8, 4) is 5.69 Å². The van der Waals surface area contributed by atoms with Gasteiger partial charge in [-0.05, 0) is 85.5 Å². The molecule has 2 fully saturated rings. The summed E-state index contributed by atoms with van der Waals surface area (Å²) in [5, 5.41) is 9.42. The largest absolute Gasteiger partial charge is 0.378 e. The van der Waals surface area contributed by atoms with Gasteiger partial charge in [0.2, 0.25) is 5.91 Å². The number of nitrogens with zero attached hydrogens (tertiary/aromatic N) is 4. The standard InChI is InChI=1S/C37H38N6O2S/c1-25-24-31(26(2)43(25)29-15-13-28(14-16-29)41-20-22-45-23-21-41)36-35(33-11-5-6-18-38-33)40-37(46)42(36)19-17-34(44)39-32-12-7-9-27-8-3-4-10-30(27)32/h3-16,18,24,35-36H,17,19-23H2,1-2H3,(H,39,44)(H,40,46)/t35-,36+/m0/s1. The molecule has 1 amide bonds. The number of benzene rings is 3. The molecule has 3 aromatic carbocycles. The molecule has 8 nitrogen and oxygen atoms in total. The molecule has 0 radical (unpaired) electrons. The molecule has 0 bridgehead atoms. The molecule has 7 rings (SSSR count). The Kier molecular flexibility index (Phi) is 8.43. The third kappa shape index (κ3) is 5.84. The van der Waals surface area contributed by atoms with Crippen molar-refractivity contribution in [1.82, 2.24) is 19.8 Å². The van der Waals surface area contributed by atoms with Crippen molar-refractivity contribution in [3.05, 3.63) is 120 Å². The fourth-order valence-electron chi connectivity index (χ4n) is 6.87. The van der Waals surface area contributed by atoms with E-state index in [1.165, 1.54) is 5.69 Å². The van der Waals surface area contributed by atoms with Gasteiger partial charge in [-0.2, -0.15) is 0 Å². The van der Waals surface area contributed by atoms with Gasteiger partial charge in [0.1, 0.15) is 0 Å². The predicted octanol–water partition coefficient (Wildman–Crippen LogP) is 6.48. The van der Waals surface area contributed by atoms with Gasteiger partial charge in [0.05, 0.1) is 31.0 Å². The minimum absolute atomic E-state index is 0.0509. The van der Waals surface area contributed by atoms with Gasteiger partial charge in [-0.1, -0.05) is 42.5 Å². The summed E-state index contributed by atoms with van der Waals surface area (Å²) >= 11 is 5.93. The molecule has 2 atom stereocenters. The number of hydrogen-bond acceptors (Lipinski definition) is 5. The van der Waals surface area contributed by atoms with Crippen LogP contribution in [0.4, 0.5) is 11.4 Å². The lowest BCUT2D eigenvalue weighted by Gasteiger charge is -2.29. The van der Waals surface area contributed by atoms with Gasteiger partial charge in [0, 0.05) is 66.1 Å². The number of morpholine rings is 1. The predicted molar refractivity (Wildman–Crippen MR) is 188 cm³/mol. The second kappa shape index (κ2) is 12.9. The lowest BCUT2D eigenvalue weighted by Crippen LogP contribution is -2.36. The summed E-state index contributed by atoms with van der Waals surface area (Å²) in [4.78, 5) is 22.6. The first-order chi connectivity index (χ1) is 22.5. The van der Waals surface area contributed by atoms with Gasteiger partial charge < -0.3 is 29.7 Å². The van der Waals surface area contributed by atoms with E-state index in [2.05, 4.69) is 81.3 Å². The highest BCUT2D eigenvalue weighted by Crippen LogP contribution is 2.41. The number of ether oxygens (including phenoxy) is 1. The number of aromatic nitrogens is 2. The van der Waals surface area contributed by atoms with Crippen LogP contribution in [0, 0.1) is 13.8 Å². The topological polar surface area (TPSA) is 74.7 Å². The molecule has 2 aliphatic rings. The second-order valence-electron chi connectivity index (χ2n) is 11.9. The van der Waals surface area contributed by atoms with E-state index >= 15 is 0 Å². The Labute approximate surface area is 275 Å². The maximum Gasteiger partial charge on any atom is 0.226 e. The zero-order valence-corrected chi connectivity index (χ0v) is 27.0. The molecule has 0 saturated carbocycles. The minimum Gasteiger partial charge on any atom is -0.378 e. The van der Waals surface area contributed by atoms with Crippen LogP contribution in [0.25, 0.3) is 16.5 Å². The van der Waals surface area contributed by atoms with E-state index in [-0.39, 0.29) is 24.4 Å². The molecule has 5 aromatic rings. The van der Waals surface area contributed by atoms with Crippen LogP contribution in [0.15, 0.2) is 97.2 Å². The van der Waals surface area contributed by atoms with Crippen LogP contribution in [-0.2, 0) is 9.53 Å². The molecular weight excluding hydrogens is 593 g/mol. The summed E-state index contributed by atoms with van der Waals surface area (Å²) < 4.78 is 7.84. The first-order valence-electron chi connectivity index (χ1n) is 15.9. The first-order valence-corrected chi connectivity index (χ1v) is 16.3. The van der Waals surface area contributed by atoms with Crippen LogP contribution in [0.1, 0.15) is 41.1 Å². The first kappa shape index (κ1) is 30.0. The minimum atomic E-state index is -0.160. The Bertz CT molecular complexity index is 1860. The van der Waals surface area contributed by atoms with Crippen LogP contribution in [0.2, 0.25) is 0 Å². The highest BCUT2D eigenvalue weighted by Gasteiger charge is 2.41. The Morgan fingerprint density at radius 1 is 0.957 bits per heavy atom. The van der Waals surface area contributed by atoms with E-state index < -0.39 is 0 Å². The molecule has 2 aliphatic heterocycles. The maximum absolute atomic E-state index is 13.3. The fraction of sp³-hybridized carbons (Fsp3) is 0.270. The van der Waals surface area contributed by atoms with Gasteiger partial charge in [-0.3, -0.25) is 9.78 Å². The van der Waals surface area contributed by atoms with Crippen LogP contribution in [0.3, 0.4) is 0 Å². The number of anilines is 2. The molecule has 2 aromatic heterocycles. The van der Waals surface area contributed by atoms with Gasteiger partial charge in [0.15, 0.2) is 5.11 Å². The van der Waals surface area contributed by atoms with E-state index in [1.807, 2.05) is 54.7 Å². The quantitative estimate of drug-likeness (QED) is 0.190. The zero-order valence-electron chi connectivity index (χ0n) is 26.1. The molecule has 46 heavy (non-hydrogen) atoms. The number of nitrogens with one attached hydrogen (secondary N) is 2. The number of fused-ring (bicyclic) bond motifs is 1. The third-order valence-corrected chi connectivity index (χ3v) is 9.47. The van der Waals surface area contributed by atoms with Crippen molar-refractivity contribution in [2.24, 2.45) is 0 Å². The molecule has 234 valence electrons. The number of hydrogen-bond donors (Lipinski definition) is 2. The smallest absolute Gasteiger partial charge is 0.226 e. The molecule has 2 N–H and O–H groups in total. The number of pyridine rings is 1. The zero-order chi connectivity index (χ0) is 31.6. The molecule has 0 spiro atoms. The lowest BCUT2D eigenvalue weighted by molar-refractivity contribution is -0.116. The van der Waals surface area contributed by atoms with Crippen molar-refractivity contribution in [3.63, 3.8) is 0 Å². The summed E-state index contributed by atoms with van der Waals surface area (Å²) in [6, 6.07) is 30.7. The molecular formula is C37H38N6O2S. The number of rotatable bonds is 8. The number of aryl methyl sites for hydroxylation is 1. The number of thiocarbonyl (C=S) groups is 1. The van der Waals surface area contributed by atoms with Crippen molar-refractivity contribution < 1.29 is 9.53 Å². The Balaban J connectivity index is 1.17. The number of carbonyl (C=O) groups is 1. The summed E-state index contributed by atoms with van der Waals surface area (Å²) in [6.07, 6.45) is 2.11. The van der Waals surface area contributed by atoms with E-state index in [4.69, 9.17) is 21.9 Å². The highest BCUT2D eigenvalue weighted by atomic mass is 32.1. The summed E-state index contributed by atoms with van der Waals surface area (Å²) in [5.41, 5.74) is 7.49. The van der Waals surface area contributed by atoms with Crippen LogP contribution < -0.4 is 15.5 Å². The van der Waals surface area contributed by atoms with Crippen molar-refractivity contribution in [2.45, 2.75) is 32.4 Å². The van der Waals surface area contributed by atoms with Gasteiger partial charge in [-0.25, -0.2) is 0 Å². The fourth-order valence-corrected chi connectivity index (χ4v) is 7.20. The van der Waals surface area contributed by atoms with Gasteiger partial charge in [-0.15, -0.1) is 0 Å². The average molecular weight is 631 g/mol. The lowest BCUT2D eigenvalue weighted by atomic mass is 9.96. The molecule has 0 unspecified atom stereocenters. The molecule has 4 heterocycles. The number of carbonyl (C=O) groups excluding carboxylic acids is 1. The summed E-state index contributed by atoms with van der Waals surface area (Å²) in [7, 11) is 0.